The van der Waals surface area contributed by atoms with Gasteiger partial charge in [-0.1, -0.05) is 0 Å². The van der Waals surface area contributed by atoms with Crippen molar-refractivity contribution >= 4 is 6.03 Å². The minimum absolute atomic E-state index is 0.0151. The van der Waals surface area contributed by atoms with Gasteiger partial charge in [0.15, 0.2) is 0 Å². The number of carbonyl (C=O) groups is 1. The number of aromatic nitrogens is 2. The summed E-state index contributed by atoms with van der Waals surface area (Å²) in [4.78, 5) is 14.0. The van der Waals surface area contributed by atoms with Crippen LogP contribution in [0.3, 0.4) is 0 Å². The first-order valence-corrected chi connectivity index (χ1v) is 8.19. The summed E-state index contributed by atoms with van der Waals surface area (Å²) in [5.41, 5.74) is 2.18. The summed E-state index contributed by atoms with van der Waals surface area (Å²) in [6.45, 7) is 8.74. The molecule has 2 heterocycles. The molecule has 0 saturated carbocycles. The van der Waals surface area contributed by atoms with Crippen molar-refractivity contribution in [2.24, 2.45) is 5.92 Å². The van der Waals surface area contributed by atoms with E-state index in [1.165, 1.54) is 0 Å². The van der Waals surface area contributed by atoms with E-state index >= 15 is 0 Å². The van der Waals surface area contributed by atoms with Crippen LogP contribution in [0.25, 0.3) is 0 Å². The minimum atomic E-state index is -0.346. The molecule has 1 saturated heterocycles. The number of aliphatic hydroxyl groups is 1. The van der Waals surface area contributed by atoms with E-state index in [-0.39, 0.29) is 18.1 Å². The number of hydrogen-bond acceptors (Lipinski definition) is 3. The topological polar surface area (TPSA) is 70.4 Å². The Hall–Kier alpha value is -1.56. The standard InChI is InChI=1S/C16H28N4O2/c1-12-10-13(2)20(18-12)9-5-7-17-16(22)19-8-4-6-15(11-19)14(3)21/h10,14-15,21H,4-9,11H2,1-3H3,(H,17,22). The molecule has 1 aliphatic rings. The van der Waals surface area contributed by atoms with Crippen LogP contribution in [-0.4, -0.2) is 51.6 Å². The number of rotatable bonds is 5. The molecule has 2 amide bonds. The average molecular weight is 308 g/mol. The highest BCUT2D eigenvalue weighted by Gasteiger charge is 2.26. The molecule has 22 heavy (non-hydrogen) atoms. The number of aliphatic hydroxyl groups excluding tert-OH is 1. The van der Waals surface area contributed by atoms with Gasteiger partial charge in [0, 0.05) is 37.8 Å². The zero-order valence-electron chi connectivity index (χ0n) is 13.9. The predicted octanol–water partition coefficient (Wildman–Crippen LogP) is 1.69. The zero-order chi connectivity index (χ0) is 16.1. The monoisotopic (exact) mass is 308 g/mol. The molecule has 0 aromatic carbocycles. The lowest BCUT2D eigenvalue weighted by atomic mass is 9.94. The lowest BCUT2D eigenvalue weighted by Crippen LogP contribution is -2.47. The Morgan fingerprint density at radius 1 is 1.55 bits per heavy atom. The number of urea groups is 1. The van der Waals surface area contributed by atoms with Crippen molar-refractivity contribution in [3.63, 3.8) is 0 Å². The van der Waals surface area contributed by atoms with Gasteiger partial charge in [0.1, 0.15) is 0 Å². The Morgan fingerprint density at radius 3 is 2.95 bits per heavy atom. The van der Waals surface area contributed by atoms with Crippen LogP contribution in [0, 0.1) is 19.8 Å². The van der Waals surface area contributed by atoms with Crippen molar-refractivity contribution < 1.29 is 9.90 Å². The molecule has 2 unspecified atom stereocenters. The molecular weight excluding hydrogens is 280 g/mol. The van der Waals surface area contributed by atoms with Gasteiger partial charge in [-0.25, -0.2) is 4.79 Å². The van der Waals surface area contributed by atoms with Gasteiger partial charge in [0.2, 0.25) is 0 Å². The van der Waals surface area contributed by atoms with Gasteiger partial charge < -0.3 is 15.3 Å². The van der Waals surface area contributed by atoms with Crippen molar-refractivity contribution in [1.82, 2.24) is 20.0 Å². The van der Waals surface area contributed by atoms with Crippen molar-refractivity contribution in [3.8, 4) is 0 Å². The van der Waals surface area contributed by atoms with Gasteiger partial charge in [0.25, 0.3) is 0 Å². The van der Waals surface area contributed by atoms with Crippen molar-refractivity contribution in [2.45, 2.75) is 52.7 Å². The number of nitrogens with one attached hydrogen (secondary N) is 1. The molecule has 0 spiro atoms. The Kier molecular flexibility index (Phi) is 5.83. The number of carbonyl (C=O) groups excluding carboxylic acids is 1. The summed E-state index contributed by atoms with van der Waals surface area (Å²) < 4.78 is 1.98. The SMILES string of the molecule is Cc1cc(C)n(CCCNC(=O)N2CCCC(C(C)O)C2)n1. The first kappa shape index (κ1) is 16.8. The molecule has 0 aliphatic carbocycles. The number of nitrogens with zero attached hydrogens (tertiary/aromatic N) is 3. The maximum atomic E-state index is 12.2. The quantitative estimate of drug-likeness (QED) is 0.813. The molecule has 2 rings (SSSR count). The summed E-state index contributed by atoms with van der Waals surface area (Å²) in [6, 6.07) is 2.04. The molecular formula is C16H28N4O2. The van der Waals surface area contributed by atoms with Gasteiger partial charge in [-0.2, -0.15) is 5.10 Å². The van der Waals surface area contributed by atoms with Crippen LogP contribution < -0.4 is 5.32 Å². The Labute approximate surface area is 132 Å². The van der Waals surface area contributed by atoms with Gasteiger partial charge in [0.05, 0.1) is 11.8 Å². The Bertz CT molecular complexity index is 498. The third-order valence-corrected chi connectivity index (χ3v) is 4.35. The first-order valence-electron chi connectivity index (χ1n) is 8.19. The second-order valence-corrected chi connectivity index (χ2v) is 6.32. The van der Waals surface area contributed by atoms with Crippen LogP contribution in [0.2, 0.25) is 0 Å². The fourth-order valence-corrected chi connectivity index (χ4v) is 3.03. The van der Waals surface area contributed by atoms with E-state index in [2.05, 4.69) is 16.5 Å². The largest absolute Gasteiger partial charge is 0.393 e. The average Bonchev–Trinajstić information content (AvgIpc) is 2.81. The molecule has 6 nitrogen and oxygen atoms in total. The van der Waals surface area contributed by atoms with Crippen LogP contribution in [0.5, 0.6) is 0 Å². The molecule has 124 valence electrons. The molecule has 0 bridgehead atoms. The Morgan fingerprint density at radius 2 is 2.32 bits per heavy atom. The number of likely N-dealkylation sites (tertiary alicyclic amines) is 1. The van der Waals surface area contributed by atoms with E-state index in [1.54, 1.807) is 6.92 Å². The normalized spacial score (nSPS) is 20.0. The third-order valence-electron chi connectivity index (χ3n) is 4.35. The highest BCUT2D eigenvalue weighted by molar-refractivity contribution is 5.74. The second-order valence-electron chi connectivity index (χ2n) is 6.32. The molecule has 1 aromatic rings. The predicted molar refractivity (Wildman–Crippen MR) is 85.7 cm³/mol. The van der Waals surface area contributed by atoms with E-state index in [0.29, 0.717) is 13.1 Å². The van der Waals surface area contributed by atoms with Crippen LogP contribution in [0.15, 0.2) is 6.07 Å². The van der Waals surface area contributed by atoms with E-state index in [4.69, 9.17) is 0 Å². The van der Waals surface area contributed by atoms with E-state index in [0.717, 1.165) is 43.7 Å². The summed E-state index contributed by atoms with van der Waals surface area (Å²) in [7, 11) is 0. The number of aryl methyl sites for hydroxylation is 3. The lowest BCUT2D eigenvalue weighted by Gasteiger charge is -2.34. The summed E-state index contributed by atoms with van der Waals surface area (Å²) in [5, 5.41) is 17.1. The van der Waals surface area contributed by atoms with Gasteiger partial charge in [-0.05, 0) is 46.1 Å². The minimum Gasteiger partial charge on any atom is -0.393 e. The zero-order valence-corrected chi connectivity index (χ0v) is 13.9. The van der Waals surface area contributed by atoms with Crippen molar-refractivity contribution in [3.05, 3.63) is 17.5 Å². The molecule has 2 atom stereocenters. The van der Waals surface area contributed by atoms with Crippen LogP contribution in [0.1, 0.15) is 37.6 Å². The van der Waals surface area contributed by atoms with Gasteiger partial charge in [-0.3, -0.25) is 4.68 Å². The Balaban J connectivity index is 1.70. The summed E-state index contributed by atoms with van der Waals surface area (Å²) in [6.07, 6.45) is 2.48. The van der Waals surface area contributed by atoms with Crippen molar-refractivity contribution in [1.29, 1.82) is 0 Å². The van der Waals surface area contributed by atoms with E-state index in [1.807, 2.05) is 23.4 Å². The summed E-state index contributed by atoms with van der Waals surface area (Å²) >= 11 is 0. The smallest absolute Gasteiger partial charge is 0.317 e. The number of amides is 2. The van der Waals surface area contributed by atoms with E-state index < -0.39 is 0 Å². The maximum Gasteiger partial charge on any atom is 0.317 e. The highest BCUT2D eigenvalue weighted by Crippen LogP contribution is 2.19. The van der Waals surface area contributed by atoms with Crippen LogP contribution in [0.4, 0.5) is 4.79 Å². The van der Waals surface area contributed by atoms with Crippen LogP contribution >= 0.6 is 0 Å². The molecule has 2 N–H and O–H groups in total. The second kappa shape index (κ2) is 7.63. The summed E-state index contributed by atoms with van der Waals surface area (Å²) in [5.74, 6) is 0.203. The molecule has 0 radical (unpaired) electrons. The third kappa shape index (κ3) is 4.47. The number of piperidine rings is 1. The number of hydrogen-bond donors (Lipinski definition) is 2. The molecule has 6 heteroatoms. The maximum absolute atomic E-state index is 12.2. The van der Waals surface area contributed by atoms with E-state index in [9.17, 15) is 9.90 Å². The van der Waals surface area contributed by atoms with Gasteiger partial charge in [-0.15, -0.1) is 0 Å². The van der Waals surface area contributed by atoms with Gasteiger partial charge >= 0.3 is 6.03 Å². The molecule has 1 aromatic heterocycles. The fraction of sp³-hybridized carbons (Fsp3) is 0.750. The lowest BCUT2D eigenvalue weighted by molar-refractivity contribution is 0.0739. The van der Waals surface area contributed by atoms with Crippen molar-refractivity contribution in [2.75, 3.05) is 19.6 Å². The highest BCUT2D eigenvalue weighted by atomic mass is 16.3. The molecule has 1 fully saturated rings. The first-order chi connectivity index (χ1) is 10.5. The molecule has 1 aliphatic heterocycles. The fourth-order valence-electron chi connectivity index (χ4n) is 3.03. The van der Waals surface area contributed by atoms with Crippen LogP contribution in [-0.2, 0) is 6.54 Å².